The second-order valence-corrected chi connectivity index (χ2v) is 4.60. The molecule has 1 rings (SSSR count). The first-order valence-corrected chi connectivity index (χ1v) is 6.62. The van der Waals surface area contributed by atoms with Gasteiger partial charge in [-0.15, -0.1) is 0 Å². The average Bonchev–Trinajstić information content (AvgIpc) is 2.45. The quantitative estimate of drug-likeness (QED) is 0.763. The number of ether oxygens (including phenoxy) is 1. The molecule has 0 aliphatic rings. The van der Waals surface area contributed by atoms with Crippen LogP contribution >= 0.6 is 0 Å². The van der Waals surface area contributed by atoms with Gasteiger partial charge in [0.1, 0.15) is 5.75 Å². The second-order valence-electron chi connectivity index (χ2n) is 4.60. The Balaban J connectivity index is 2.81. The molecule has 0 aromatic heterocycles. The molecule has 0 bridgehead atoms. The summed E-state index contributed by atoms with van der Waals surface area (Å²) in [4.78, 5) is 25.5. The summed E-state index contributed by atoms with van der Waals surface area (Å²) >= 11 is 0. The van der Waals surface area contributed by atoms with Crippen molar-refractivity contribution in [3.63, 3.8) is 0 Å². The third-order valence-corrected chi connectivity index (χ3v) is 3.12. The van der Waals surface area contributed by atoms with E-state index >= 15 is 0 Å². The first-order chi connectivity index (χ1) is 9.51. The smallest absolute Gasteiger partial charge is 0.233 e. The number of Topliss-reactive ketones (excluding diaryl/α,β-unsaturated/α-hetero) is 1. The zero-order valence-corrected chi connectivity index (χ0v) is 12.5. The van der Waals surface area contributed by atoms with Crippen molar-refractivity contribution in [3.05, 3.63) is 29.3 Å². The molecule has 0 saturated carbocycles. The number of hydrogen-bond acceptors (Lipinski definition) is 4. The number of ketones is 1. The van der Waals surface area contributed by atoms with Crippen LogP contribution in [0.1, 0.15) is 22.8 Å². The zero-order chi connectivity index (χ0) is 15.1. The van der Waals surface area contributed by atoms with Crippen molar-refractivity contribution < 1.29 is 14.3 Å². The summed E-state index contributed by atoms with van der Waals surface area (Å²) in [6.45, 7) is 4.91. The van der Waals surface area contributed by atoms with Gasteiger partial charge in [-0.1, -0.05) is 13.0 Å². The summed E-state index contributed by atoms with van der Waals surface area (Å²) in [5.41, 5.74) is 1.59. The second kappa shape index (κ2) is 7.65. The van der Waals surface area contributed by atoms with E-state index in [9.17, 15) is 9.59 Å². The lowest BCUT2D eigenvalue weighted by atomic mass is 10.1. The summed E-state index contributed by atoms with van der Waals surface area (Å²) in [5, 5.41) is 2.56. The molecule has 1 aromatic carbocycles. The van der Waals surface area contributed by atoms with Gasteiger partial charge in [0.05, 0.1) is 25.8 Å². The van der Waals surface area contributed by atoms with Crippen molar-refractivity contribution in [3.8, 4) is 5.75 Å². The first-order valence-electron chi connectivity index (χ1n) is 6.62. The van der Waals surface area contributed by atoms with E-state index in [1.54, 1.807) is 25.1 Å². The lowest BCUT2D eigenvalue weighted by Gasteiger charge is -2.19. The van der Waals surface area contributed by atoms with Gasteiger partial charge in [0.25, 0.3) is 0 Å². The molecule has 1 N–H and O–H groups in total. The van der Waals surface area contributed by atoms with Gasteiger partial charge in [-0.25, -0.2) is 0 Å². The highest BCUT2D eigenvalue weighted by atomic mass is 16.5. The summed E-state index contributed by atoms with van der Waals surface area (Å²) < 4.78 is 5.25. The van der Waals surface area contributed by atoms with Gasteiger partial charge in [-0.05, 0) is 31.2 Å². The van der Waals surface area contributed by atoms with Crippen molar-refractivity contribution in [1.29, 1.82) is 0 Å². The normalized spacial score (nSPS) is 10.4. The van der Waals surface area contributed by atoms with Gasteiger partial charge in [0, 0.05) is 7.05 Å². The fourth-order valence-corrected chi connectivity index (χ4v) is 1.88. The standard InChI is InChI=1S/C15H22N2O3/c1-5-17(10-15(19)16-3)9-13(18)12-7-6-11(2)8-14(12)20-4/h6-8H,5,9-10H2,1-4H3,(H,16,19). The van der Waals surface area contributed by atoms with Crippen LogP contribution in [0.5, 0.6) is 5.75 Å². The molecule has 0 aliphatic heterocycles. The van der Waals surface area contributed by atoms with E-state index in [-0.39, 0.29) is 24.8 Å². The summed E-state index contributed by atoms with van der Waals surface area (Å²) in [7, 11) is 3.13. The number of aryl methyl sites for hydroxylation is 1. The number of carbonyl (C=O) groups excluding carboxylic acids is 2. The van der Waals surface area contributed by atoms with Crippen LogP contribution in [0.15, 0.2) is 18.2 Å². The van der Waals surface area contributed by atoms with E-state index in [0.29, 0.717) is 17.9 Å². The highest BCUT2D eigenvalue weighted by molar-refractivity contribution is 6.00. The number of carbonyl (C=O) groups is 2. The van der Waals surface area contributed by atoms with E-state index in [0.717, 1.165) is 5.56 Å². The van der Waals surface area contributed by atoms with Crippen LogP contribution in [0.4, 0.5) is 0 Å². The Morgan fingerprint density at radius 1 is 1.30 bits per heavy atom. The number of rotatable bonds is 7. The summed E-state index contributed by atoms with van der Waals surface area (Å²) in [6, 6.07) is 5.48. The molecule has 0 unspecified atom stereocenters. The fraction of sp³-hybridized carbons (Fsp3) is 0.467. The molecule has 5 heteroatoms. The van der Waals surface area contributed by atoms with E-state index in [2.05, 4.69) is 5.32 Å². The minimum Gasteiger partial charge on any atom is -0.496 e. The van der Waals surface area contributed by atoms with Gasteiger partial charge in [0.2, 0.25) is 5.91 Å². The monoisotopic (exact) mass is 278 g/mol. The van der Waals surface area contributed by atoms with Crippen molar-refractivity contribution in [2.75, 3.05) is 33.8 Å². The molecule has 0 atom stereocenters. The van der Waals surface area contributed by atoms with E-state index in [1.807, 2.05) is 26.0 Å². The molecule has 0 radical (unpaired) electrons. The number of nitrogens with zero attached hydrogens (tertiary/aromatic N) is 1. The largest absolute Gasteiger partial charge is 0.496 e. The van der Waals surface area contributed by atoms with Crippen molar-refractivity contribution >= 4 is 11.7 Å². The minimum atomic E-state index is -0.101. The number of amides is 1. The molecule has 1 aromatic rings. The minimum absolute atomic E-state index is 0.0485. The first kappa shape index (κ1) is 16.2. The van der Waals surface area contributed by atoms with Crippen molar-refractivity contribution in [2.45, 2.75) is 13.8 Å². The Bertz CT molecular complexity index is 486. The lowest BCUT2D eigenvalue weighted by molar-refractivity contribution is -0.121. The van der Waals surface area contributed by atoms with Crippen LogP contribution in [0.3, 0.4) is 0 Å². The molecular weight excluding hydrogens is 256 g/mol. The maximum atomic E-state index is 12.3. The van der Waals surface area contributed by atoms with E-state index in [4.69, 9.17) is 4.74 Å². The topological polar surface area (TPSA) is 58.6 Å². The van der Waals surface area contributed by atoms with E-state index in [1.165, 1.54) is 0 Å². The maximum absolute atomic E-state index is 12.3. The van der Waals surface area contributed by atoms with Gasteiger partial charge < -0.3 is 10.1 Å². The molecule has 0 fully saturated rings. The molecule has 110 valence electrons. The fourth-order valence-electron chi connectivity index (χ4n) is 1.88. The average molecular weight is 278 g/mol. The van der Waals surface area contributed by atoms with Crippen LogP contribution in [0.2, 0.25) is 0 Å². The van der Waals surface area contributed by atoms with Crippen LogP contribution in [-0.4, -0.2) is 50.4 Å². The number of hydrogen-bond donors (Lipinski definition) is 1. The molecular formula is C15H22N2O3. The molecule has 0 aliphatic carbocycles. The Kier molecular flexibility index (Phi) is 6.18. The summed E-state index contributed by atoms with van der Waals surface area (Å²) in [6.07, 6.45) is 0. The van der Waals surface area contributed by atoms with Crippen LogP contribution in [-0.2, 0) is 4.79 Å². The number of likely N-dealkylation sites (N-methyl/N-ethyl adjacent to an activating group) is 2. The van der Waals surface area contributed by atoms with Crippen LogP contribution in [0.25, 0.3) is 0 Å². The van der Waals surface area contributed by atoms with E-state index < -0.39 is 0 Å². The van der Waals surface area contributed by atoms with Crippen LogP contribution < -0.4 is 10.1 Å². The number of benzene rings is 1. The predicted octanol–water partition coefficient (Wildman–Crippen LogP) is 1.25. The zero-order valence-electron chi connectivity index (χ0n) is 12.5. The molecule has 0 heterocycles. The predicted molar refractivity (Wildman–Crippen MR) is 78.2 cm³/mol. The van der Waals surface area contributed by atoms with Gasteiger partial charge in [0.15, 0.2) is 5.78 Å². The highest BCUT2D eigenvalue weighted by Crippen LogP contribution is 2.20. The SMILES string of the molecule is CCN(CC(=O)NC)CC(=O)c1ccc(C)cc1OC. The third kappa shape index (κ3) is 4.35. The Morgan fingerprint density at radius 2 is 2.00 bits per heavy atom. The third-order valence-electron chi connectivity index (χ3n) is 3.12. The van der Waals surface area contributed by atoms with Crippen molar-refractivity contribution in [2.24, 2.45) is 0 Å². The Morgan fingerprint density at radius 3 is 2.55 bits per heavy atom. The Labute approximate surface area is 119 Å². The number of nitrogens with one attached hydrogen (secondary N) is 1. The van der Waals surface area contributed by atoms with Gasteiger partial charge in [-0.3, -0.25) is 14.5 Å². The van der Waals surface area contributed by atoms with Gasteiger partial charge in [-0.2, -0.15) is 0 Å². The van der Waals surface area contributed by atoms with Crippen LogP contribution in [0, 0.1) is 6.92 Å². The van der Waals surface area contributed by atoms with Gasteiger partial charge >= 0.3 is 0 Å². The molecule has 5 nitrogen and oxygen atoms in total. The summed E-state index contributed by atoms with van der Waals surface area (Å²) in [5.74, 6) is 0.425. The highest BCUT2D eigenvalue weighted by Gasteiger charge is 2.17. The molecule has 0 spiro atoms. The van der Waals surface area contributed by atoms with Crippen molar-refractivity contribution in [1.82, 2.24) is 10.2 Å². The number of methoxy groups -OCH3 is 1. The molecule has 1 amide bonds. The molecule has 0 saturated heterocycles. The lowest BCUT2D eigenvalue weighted by Crippen LogP contribution is -2.38. The Hall–Kier alpha value is -1.88. The maximum Gasteiger partial charge on any atom is 0.233 e. The molecule has 20 heavy (non-hydrogen) atoms.